The van der Waals surface area contributed by atoms with Crippen LogP contribution in [0.2, 0.25) is 0 Å². The van der Waals surface area contributed by atoms with Gasteiger partial charge in [0, 0.05) is 32.2 Å². The normalized spacial score (nSPS) is 19.5. The number of likely N-dealkylation sites (tertiary alicyclic amines) is 1. The summed E-state index contributed by atoms with van der Waals surface area (Å²) in [5, 5.41) is 6.78. The van der Waals surface area contributed by atoms with Crippen molar-refractivity contribution < 1.29 is 4.79 Å². The lowest BCUT2D eigenvalue weighted by Crippen LogP contribution is -2.50. The second-order valence-corrected chi connectivity index (χ2v) is 6.09. The molecule has 0 atom stereocenters. The van der Waals surface area contributed by atoms with Gasteiger partial charge in [-0.2, -0.15) is 0 Å². The van der Waals surface area contributed by atoms with Gasteiger partial charge < -0.3 is 21.3 Å². The molecule has 0 radical (unpaired) electrons. The average molecular weight is 423 g/mol. The highest BCUT2D eigenvalue weighted by Gasteiger charge is 2.22. The van der Waals surface area contributed by atoms with Crippen molar-refractivity contribution in [3.05, 3.63) is 0 Å². The number of halogens is 1. The maximum Gasteiger partial charge on any atom is 0.314 e. The number of carbonyl (C=O) groups is 1. The average Bonchev–Trinajstić information content (AvgIpc) is 3.28. The zero-order chi connectivity index (χ0) is 15.1. The molecule has 4 N–H and O–H groups in total. The third-order valence-corrected chi connectivity index (χ3v) is 4.23. The van der Waals surface area contributed by atoms with Crippen molar-refractivity contribution >= 4 is 36.0 Å². The first-order chi connectivity index (χ1) is 10.2. The van der Waals surface area contributed by atoms with Gasteiger partial charge in [0.2, 0.25) is 0 Å². The Morgan fingerprint density at radius 1 is 1.27 bits per heavy atom. The fourth-order valence-corrected chi connectivity index (χ4v) is 2.73. The lowest BCUT2D eigenvalue weighted by atomic mass is 10.1. The summed E-state index contributed by atoms with van der Waals surface area (Å²) < 4.78 is 0. The number of amides is 2. The van der Waals surface area contributed by atoms with E-state index in [1.807, 2.05) is 0 Å². The minimum absolute atomic E-state index is 0. The van der Waals surface area contributed by atoms with Crippen molar-refractivity contribution in [1.82, 2.24) is 15.5 Å². The Morgan fingerprint density at radius 2 is 1.95 bits per heavy atom. The van der Waals surface area contributed by atoms with E-state index in [1.54, 1.807) is 4.90 Å². The zero-order valence-corrected chi connectivity index (χ0v) is 15.8. The molecule has 22 heavy (non-hydrogen) atoms. The molecule has 0 unspecified atom stereocenters. The molecule has 2 aliphatic rings. The standard InChI is InChI=1S/C15H29N5O.HI/c1-2-17-15(18-9-3-4-12-5-6-12)19-13-7-10-20(11-8-13)14(16)21;/h12-13H,2-11H2,1H3,(H2,16,21)(H2,17,18,19);1H. The maximum absolute atomic E-state index is 11.1. The van der Waals surface area contributed by atoms with Gasteiger partial charge >= 0.3 is 6.03 Å². The Kier molecular flexibility index (Phi) is 8.89. The predicted molar refractivity (Wildman–Crippen MR) is 101 cm³/mol. The van der Waals surface area contributed by atoms with E-state index in [0.29, 0.717) is 6.04 Å². The third-order valence-electron chi connectivity index (χ3n) is 4.23. The van der Waals surface area contributed by atoms with Crippen LogP contribution in [0.3, 0.4) is 0 Å². The first kappa shape index (κ1) is 19.3. The number of hydrogen-bond acceptors (Lipinski definition) is 2. The molecule has 1 saturated heterocycles. The van der Waals surface area contributed by atoms with Crippen LogP contribution in [-0.2, 0) is 0 Å². The van der Waals surface area contributed by atoms with Crippen molar-refractivity contribution in [2.45, 2.75) is 51.5 Å². The van der Waals surface area contributed by atoms with Crippen LogP contribution in [0, 0.1) is 5.92 Å². The molecule has 0 aromatic carbocycles. The molecular formula is C15H30IN5O. The van der Waals surface area contributed by atoms with Crippen molar-refractivity contribution in [2.75, 3.05) is 26.2 Å². The smallest absolute Gasteiger partial charge is 0.314 e. The van der Waals surface area contributed by atoms with E-state index in [4.69, 9.17) is 5.73 Å². The third kappa shape index (κ3) is 7.02. The molecule has 1 aliphatic heterocycles. The molecule has 0 spiro atoms. The van der Waals surface area contributed by atoms with Crippen LogP contribution in [0.5, 0.6) is 0 Å². The Balaban J connectivity index is 0.00000242. The van der Waals surface area contributed by atoms with Gasteiger partial charge in [-0.3, -0.25) is 4.99 Å². The number of guanidine groups is 1. The van der Waals surface area contributed by atoms with Gasteiger partial charge in [-0.05, 0) is 38.5 Å². The van der Waals surface area contributed by atoms with Gasteiger partial charge in [-0.25, -0.2) is 4.79 Å². The molecule has 7 heteroatoms. The Morgan fingerprint density at radius 3 is 2.50 bits per heavy atom. The second kappa shape index (κ2) is 10.1. The number of urea groups is 1. The van der Waals surface area contributed by atoms with Gasteiger partial charge in [-0.1, -0.05) is 12.8 Å². The van der Waals surface area contributed by atoms with Crippen molar-refractivity contribution in [3.8, 4) is 0 Å². The summed E-state index contributed by atoms with van der Waals surface area (Å²) in [6.07, 6.45) is 7.19. The molecule has 1 saturated carbocycles. The fraction of sp³-hybridized carbons (Fsp3) is 0.867. The van der Waals surface area contributed by atoms with E-state index in [1.165, 1.54) is 25.7 Å². The molecule has 2 fully saturated rings. The molecular weight excluding hydrogens is 393 g/mol. The highest BCUT2D eigenvalue weighted by Crippen LogP contribution is 2.33. The number of rotatable bonds is 6. The number of hydrogen-bond donors (Lipinski definition) is 3. The summed E-state index contributed by atoms with van der Waals surface area (Å²) in [6, 6.07) is 0.0657. The Hall–Kier alpha value is -0.730. The topological polar surface area (TPSA) is 82.8 Å². The number of nitrogens with zero attached hydrogens (tertiary/aromatic N) is 2. The van der Waals surface area contributed by atoms with Gasteiger partial charge in [0.05, 0.1) is 0 Å². The molecule has 128 valence electrons. The van der Waals surface area contributed by atoms with Crippen LogP contribution in [0.4, 0.5) is 4.79 Å². The van der Waals surface area contributed by atoms with E-state index in [0.717, 1.165) is 50.9 Å². The summed E-state index contributed by atoms with van der Waals surface area (Å²) >= 11 is 0. The largest absolute Gasteiger partial charge is 0.357 e. The van der Waals surface area contributed by atoms with Crippen LogP contribution in [0.1, 0.15) is 45.4 Å². The monoisotopic (exact) mass is 423 g/mol. The number of primary amides is 1. The Labute approximate surface area is 150 Å². The summed E-state index contributed by atoms with van der Waals surface area (Å²) in [5.74, 6) is 1.89. The minimum Gasteiger partial charge on any atom is -0.357 e. The predicted octanol–water partition coefficient (Wildman–Crippen LogP) is 1.89. The molecule has 0 aromatic heterocycles. The number of carbonyl (C=O) groups excluding carboxylic acids is 1. The summed E-state index contributed by atoms with van der Waals surface area (Å²) in [7, 11) is 0. The summed E-state index contributed by atoms with van der Waals surface area (Å²) in [4.78, 5) is 17.5. The summed E-state index contributed by atoms with van der Waals surface area (Å²) in [6.45, 7) is 5.31. The molecule has 2 amide bonds. The fourth-order valence-electron chi connectivity index (χ4n) is 2.73. The van der Waals surface area contributed by atoms with Crippen molar-refractivity contribution in [3.63, 3.8) is 0 Å². The van der Waals surface area contributed by atoms with Crippen LogP contribution in [0.15, 0.2) is 4.99 Å². The second-order valence-electron chi connectivity index (χ2n) is 6.09. The zero-order valence-electron chi connectivity index (χ0n) is 13.5. The number of aliphatic imine (C=N–C) groups is 1. The van der Waals surface area contributed by atoms with E-state index in [9.17, 15) is 4.79 Å². The van der Waals surface area contributed by atoms with E-state index in [2.05, 4.69) is 22.5 Å². The number of piperidine rings is 1. The lowest BCUT2D eigenvalue weighted by Gasteiger charge is -2.32. The quantitative estimate of drug-likeness (QED) is 0.264. The number of nitrogens with two attached hydrogens (primary N) is 1. The number of nitrogens with one attached hydrogen (secondary N) is 2. The van der Waals surface area contributed by atoms with Crippen LogP contribution in [-0.4, -0.2) is 49.1 Å². The Bertz CT molecular complexity index is 365. The van der Waals surface area contributed by atoms with Gasteiger partial charge in [-0.15, -0.1) is 24.0 Å². The molecule has 6 nitrogen and oxygen atoms in total. The maximum atomic E-state index is 11.1. The first-order valence-electron chi connectivity index (χ1n) is 8.28. The van der Waals surface area contributed by atoms with Crippen molar-refractivity contribution in [2.24, 2.45) is 16.6 Å². The van der Waals surface area contributed by atoms with Crippen LogP contribution < -0.4 is 16.4 Å². The van der Waals surface area contributed by atoms with E-state index in [-0.39, 0.29) is 30.0 Å². The molecule has 0 bridgehead atoms. The molecule has 1 heterocycles. The minimum atomic E-state index is -0.311. The highest BCUT2D eigenvalue weighted by molar-refractivity contribution is 14.0. The van der Waals surface area contributed by atoms with Crippen molar-refractivity contribution in [1.29, 1.82) is 0 Å². The van der Waals surface area contributed by atoms with Gasteiger partial charge in [0.15, 0.2) is 5.96 Å². The van der Waals surface area contributed by atoms with Gasteiger partial charge in [0.25, 0.3) is 0 Å². The van der Waals surface area contributed by atoms with Gasteiger partial charge in [0.1, 0.15) is 0 Å². The van der Waals surface area contributed by atoms with E-state index < -0.39 is 0 Å². The lowest BCUT2D eigenvalue weighted by molar-refractivity contribution is 0.188. The molecule has 0 aromatic rings. The van der Waals surface area contributed by atoms with E-state index >= 15 is 0 Å². The first-order valence-corrected chi connectivity index (χ1v) is 8.28. The van der Waals surface area contributed by atoms with Crippen LogP contribution >= 0.6 is 24.0 Å². The SMILES string of the molecule is CCNC(=NCCCC1CC1)NC1CCN(C(N)=O)CC1.I. The highest BCUT2D eigenvalue weighted by atomic mass is 127. The molecule has 2 rings (SSSR count). The van der Waals surface area contributed by atoms with Crippen LogP contribution in [0.25, 0.3) is 0 Å². The molecule has 1 aliphatic carbocycles. The summed E-state index contributed by atoms with van der Waals surface area (Å²) in [5.41, 5.74) is 5.30.